The molecule has 0 aromatic carbocycles. The normalized spacial score (nSPS) is 52.6. The summed E-state index contributed by atoms with van der Waals surface area (Å²) >= 11 is 0. The molecule has 1 unspecified atom stereocenters. The van der Waals surface area contributed by atoms with Gasteiger partial charge in [0.25, 0.3) is 0 Å². The van der Waals surface area contributed by atoms with Crippen molar-refractivity contribution in [2.45, 2.75) is 73.8 Å². The lowest BCUT2D eigenvalue weighted by Crippen LogP contribution is -2.70. The van der Waals surface area contributed by atoms with Gasteiger partial charge in [0.1, 0.15) is 48.8 Å². The predicted octanol–water partition coefficient (Wildman–Crippen LogP) is -5.66. The maximum Gasteiger partial charge on any atom is 0.197 e. The van der Waals surface area contributed by atoms with Gasteiger partial charge < -0.3 is 60.5 Å². The molecular weight excluding hydrogens is 372 g/mol. The van der Waals surface area contributed by atoms with Gasteiger partial charge in [0.15, 0.2) is 11.6 Å². The summed E-state index contributed by atoms with van der Waals surface area (Å²) in [5.41, 5.74) is 0. The minimum atomic E-state index is -2.57. The summed E-state index contributed by atoms with van der Waals surface area (Å²) in [4.78, 5) is 0. The van der Waals surface area contributed by atoms with Gasteiger partial charge in [-0.05, 0) is 0 Å². The van der Waals surface area contributed by atoms with E-state index in [0.29, 0.717) is 0 Å². The molecule has 0 aliphatic carbocycles. The Labute approximate surface area is 154 Å². The summed E-state index contributed by atoms with van der Waals surface area (Å²) in [6.07, 6.45) is -14.8. The van der Waals surface area contributed by atoms with Crippen molar-refractivity contribution in [3.63, 3.8) is 0 Å². The Balaban J connectivity index is 2.24. The van der Waals surface area contributed by atoms with Gasteiger partial charge in [-0.2, -0.15) is 0 Å². The Bertz CT molecular complexity index is 503. The first-order chi connectivity index (χ1) is 12.4. The molecule has 27 heavy (non-hydrogen) atoms. The standard InChI is InChI=1S/C15H28O12/c1-5(15(25)13(23)11(21)9(19)7(4-17)27-15)2-14(24)12(22)10(20)8(18)6(3-16)26-14/h5-13,16-25H,2-4H2,1H3/t5?,6-,7-,8-,9-,10+,11+,12-,13-,14+,15+/m1/s1. The molecule has 0 bridgehead atoms. The van der Waals surface area contributed by atoms with Crippen molar-refractivity contribution < 1.29 is 60.5 Å². The molecule has 0 aromatic rings. The summed E-state index contributed by atoms with van der Waals surface area (Å²) < 4.78 is 10.2. The molecule has 11 atom stereocenters. The van der Waals surface area contributed by atoms with Crippen LogP contribution in [0, 0.1) is 5.92 Å². The Morgan fingerprint density at radius 3 is 1.67 bits per heavy atom. The topological polar surface area (TPSA) is 221 Å². The van der Waals surface area contributed by atoms with Crippen molar-refractivity contribution in [1.82, 2.24) is 0 Å². The van der Waals surface area contributed by atoms with Gasteiger partial charge in [-0.1, -0.05) is 6.92 Å². The highest BCUT2D eigenvalue weighted by atomic mass is 16.7. The summed E-state index contributed by atoms with van der Waals surface area (Å²) in [5, 5.41) is 99.3. The van der Waals surface area contributed by atoms with Gasteiger partial charge in [-0.25, -0.2) is 0 Å². The van der Waals surface area contributed by atoms with E-state index in [1.807, 2.05) is 0 Å². The molecule has 2 aliphatic rings. The summed E-state index contributed by atoms with van der Waals surface area (Å²) in [6.45, 7) is -0.328. The molecule has 2 rings (SSSR count). The highest BCUT2D eigenvalue weighted by molar-refractivity contribution is 5.02. The SMILES string of the molecule is CC(C[C@]1(O)O[C@H](CO)[C@@H](O)[C@H](O)[C@H]1O)[C@]1(O)O[C@H](CO)[C@@H](O)[C@H](O)[C@H]1O. The van der Waals surface area contributed by atoms with Crippen LogP contribution in [0.2, 0.25) is 0 Å². The summed E-state index contributed by atoms with van der Waals surface area (Å²) in [7, 11) is 0. The smallest absolute Gasteiger partial charge is 0.197 e. The second kappa shape index (κ2) is 8.10. The monoisotopic (exact) mass is 400 g/mol. The third-order valence-corrected chi connectivity index (χ3v) is 5.35. The van der Waals surface area contributed by atoms with Gasteiger partial charge in [0.2, 0.25) is 0 Å². The van der Waals surface area contributed by atoms with E-state index in [-0.39, 0.29) is 0 Å². The Morgan fingerprint density at radius 1 is 0.741 bits per heavy atom. The van der Waals surface area contributed by atoms with Crippen LogP contribution in [0.25, 0.3) is 0 Å². The predicted molar refractivity (Wildman–Crippen MR) is 83.6 cm³/mol. The van der Waals surface area contributed by atoms with Crippen molar-refractivity contribution in [3.05, 3.63) is 0 Å². The molecule has 2 heterocycles. The van der Waals surface area contributed by atoms with Crippen LogP contribution >= 0.6 is 0 Å². The fraction of sp³-hybridized carbons (Fsp3) is 1.00. The number of hydrogen-bond donors (Lipinski definition) is 10. The zero-order valence-electron chi connectivity index (χ0n) is 14.6. The van der Waals surface area contributed by atoms with E-state index in [4.69, 9.17) is 9.47 Å². The average Bonchev–Trinajstić information content (AvgIpc) is 2.64. The molecular formula is C15H28O12. The van der Waals surface area contributed by atoms with Gasteiger partial charge in [0.05, 0.1) is 13.2 Å². The minimum Gasteiger partial charge on any atom is -0.394 e. The highest BCUT2D eigenvalue weighted by Gasteiger charge is 2.59. The number of aliphatic hydroxyl groups is 10. The second-order valence-corrected chi connectivity index (χ2v) is 7.23. The Morgan fingerprint density at radius 2 is 1.19 bits per heavy atom. The molecule has 12 nitrogen and oxygen atoms in total. The van der Waals surface area contributed by atoms with Crippen LogP contribution in [0.3, 0.4) is 0 Å². The maximum absolute atomic E-state index is 10.7. The fourth-order valence-electron chi connectivity index (χ4n) is 3.56. The average molecular weight is 400 g/mol. The Kier molecular flexibility index (Phi) is 6.84. The number of rotatable bonds is 5. The molecule has 10 N–H and O–H groups in total. The van der Waals surface area contributed by atoms with Gasteiger partial charge >= 0.3 is 0 Å². The maximum atomic E-state index is 10.7. The van der Waals surface area contributed by atoms with Crippen molar-refractivity contribution in [1.29, 1.82) is 0 Å². The van der Waals surface area contributed by atoms with E-state index in [2.05, 4.69) is 0 Å². The van der Waals surface area contributed by atoms with Crippen molar-refractivity contribution in [2.75, 3.05) is 13.2 Å². The molecule has 12 heteroatoms. The van der Waals surface area contributed by atoms with E-state index < -0.39 is 86.0 Å². The van der Waals surface area contributed by atoms with Crippen LogP contribution in [0.4, 0.5) is 0 Å². The number of ether oxygens (including phenoxy) is 2. The van der Waals surface area contributed by atoms with E-state index in [0.717, 1.165) is 0 Å². The molecule has 2 fully saturated rings. The molecule has 160 valence electrons. The summed E-state index contributed by atoms with van der Waals surface area (Å²) in [5.74, 6) is -6.41. The first kappa shape index (κ1) is 22.8. The third kappa shape index (κ3) is 3.85. The Hall–Kier alpha value is -0.480. The lowest BCUT2D eigenvalue weighted by Gasteiger charge is -2.51. The fourth-order valence-corrected chi connectivity index (χ4v) is 3.56. The van der Waals surface area contributed by atoms with Crippen LogP contribution in [-0.4, -0.2) is 125 Å². The largest absolute Gasteiger partial charge is 0.394 e. The van der Waals surface area contributed by atoms with E-state index >= 15 is 0 Å². The third-order valence-electron chi connectivity index (χ3n) is 5.35. The molecule has 0 radical (unpaired) electrons. The molecule has 2 saturated heterocycles. The van der Waals surface area contributed by atoms with E-state index in [1.165, 1.54) is 6.92 Å². The zero-order chi connectivity index (χ0) is 20.7. The lowest BCUT2D eigenvalue weighted by atomic mass is 9.79. The molecule has 0 amide bonds. The van der Waals surface area contributed by atoms with Gasteiger partial charge in [-0.15, -0.1) is 0 Å². The quantitative estimate of drug-likeness (QED) is 0.209. The van der Waals surface area contributed by atoms with E-state index in [1.54, 1.807) is 0 Å². The lowest BCUT2D eigenvalue weighted by molar-refractivity contribution is -0.390. The second-order valence-electron chi connectivity index (χ2n) is 7.23. The minimum absolute atomic E-state index is 0.678. The van der Waals surface area contributed by atoms with Crippen molar-refractivity contribution in [2.24, 2.45) is 5.92 Å². The van der Waals surface area contributed by atoms with Crippen molar-refractivity contribution in [3.8, 4) is 0 Å². The highest BCUT2D eigenvalue weighted by Crippen LogP contribution is 2.40. The molecule has 2 aliphatic heterocycles. The van der Waals surface area contributed by atoms with Crippen LogP contribution in [-0.2, 0) is 9.47 Å². The number of hydrogen-bond acceptors (Lipinski definition) is 12. The van der Waals surface area contributed by atoms with Crippen molar-refractivity contribution >= 4 is 0 Å². The van der Waals surface area contributed by atoms with Crippen LogP contribution in [0.1, 0.15) is 13.3 Å². The first-order valence-electron chi connectivity index (χ1n) is 8.53. The van der Waals surface area contributed by atoms with Crippen LogP contribution in [0.15, 0.2) is 0 Å². The van der Waals surface area contributed by atoms with Crippen LogP contribution < -0.4 is 0 Å². The summed E-state index contributed by atoms with van der Waals surface area (Å²) in [6, 6.07) is 0. The molecule has 0 aromatic heterocycles. The molecule has 0 spiro atoms. The van der Waals surface area contributed by atoms with Gasteiger partial charge in [-0.3, -0.25) is 0 Å². The van der Waals surface area contributed by atoms with Crippen LogP contribution in [0.5, 0.6) is 0 Å². The van der Waals surface area contributed by atoms with E-state index in [9.17, 15) is 51.1 Å². The zero-order valence-corrected chi connectivity index (χ0v) is 14.6. The molecule has 0 saturated carbocycles. The first-order valence-corrected chi connectivity index (χ1v) is 8.53. The number of aliphatic hydroxyl groups excluding tert-OH is 8. The van der Waals surface area contributed by atoms with Gasteiger partial charge in [0, 0.05) is 12.3 Å².